The molecule has 0 aliphatic carbocycles. The van der Waals surface area contributed by atoms with Gasteiger partial charge in [-0.2, -0.15) is 4.31 Å². The Morgan fingerprint density at radius 1 is 0.812 bits per heavy atom. The number of thiophene rings is 1. The Hall–Kier alpha value is -1.99. The van der Waals surface area contributed by atoms with Gasteiger partial charge in [-0.1, -0.05) is 66.7 Å². The van der Waals surface area contributed by atoms with Crippen LogP contribution in [0.1, 0.15) is 35.8 Å². The molecule has 3 heterocycles. The fraction of sp³-hybridized carbons (Fsp3) is 0.385. The summed E-state index contributed by atoms with van der Waals surface area (Å²) >= 11 is 1.31. The van der Waals surface area contributed by atoms with Crippen LogP contribution in [0.15, 0.2) is 82.4 Å². The first-order chi connectivity index (χ1) is 15.6. The van der Waals surface area contributed by atoms with Crippen LogP contribution in [0.4, 0.5) is 0 Å². The second-order valence-corrected chi connectivity index (χ2v) is 12.1. The van der Waals surface area contributed by atoms with Gasteiger partial charge in [0.2, 0.25) is 0 Å². The fourth-order valence-corrected chi connectivity index (χ4v) is 8.00. The molecule has 0 bridgehead atoms. The van der Waals surface area contributed by atoms with Crippen molar-refractivity contribution in [2.45, 2.75) is 28.9 Å². The van der Waals surface area contributed by atoms with E-state index in [1.807, 2.05) is 17.5 Å². The molecule has 2 fully saturated rings. The third kappa shape index (κ3) is 4.55. The van der Waals surface area contributed by atoms with Crippen molar-refractivity contribution >= 4 is 21.4 Å². The first-order valence-corrected chi connectivity index (χ1v) is 13.8. The molecule has 0 saturated carbocycles. The maximum atomic E-state index is 13.2. The molecule has 5 rings (SSSR count). The van der Waals surface area contributed by atoms with Gasteiger partial charge in [-0.25, -0.2) is 8.42 Å². The van der Waals surface area contributed by atoms with Crippen LogP contribution in [0.5, 0.6) is 0 Å². The van der Waals surface area contributed by atoms with E-state index in [9.17, 15) is 8.42 Å². The van der Waals surface area contributed by atoms with Crippen LogP contribution in [-0.4, -0.2) is 50.3 Å². The number of benzene rings is 2. The zero-order chi connectivity index (χ0) is 22.0. The van der Waals surface area contributed by atoms with Crippen LogP contribution in [-0.2, 0) is 10.0 Å². The Balaban J connectivity index is 1.30. The molecular formula is C26H30N2O2S2. The Kier molecular flexibility index (Phi) is 6.47. The minimum absolute atomic E-state index is 0.234. The van der Waals surface area contributed by atoms with Crippen molar-refractivity contribution in [1.29, 1.82) is 0 Å². The van der Waals surface area contributed by atoms with Gasteiger partial charge in [0.05, 0.1) is 0 Å². The molecule has 2 unspecified atom stereocenters. The molecule has 2 aliphatic heterocycles. The van der Waals surface area contributed by atoms with Crippen LogP contribution in [0.3, 0.4) is 0 Å². The van der Waals surface area contributed by atoms with E-state index in [1.165, 1.54) is 35.3 Å². The number of likely N-dealkylation sites (tertiary alicyclic amines) is 1. The molecule has 1 aromatic heterocycles. The van der Waals surface area contributed by atoms with Crippen molar-refractivity contribution in [2.24, 2.45) is 5.92 Å². The van der Waals surface area contributed by atoms with Gasteiger partial charge in [0.15, 0.2) is 0 Å². The lowest BCUT2D eigenvalue weighted by Crippen LogP contribution is -2.38. The normalized spacial score (nSPS) is 23.5. The summed E-state index contributed by atoms with van der Waals surface area (Å²) in [6, 6.07) is 24.8. The first kappa shape index (κ1) is 21.8. The number of hydrogen-bond donors (Lipinski definition) is 0. The minimum Gasteiger partial charge on any atom is -0.303 e. The molecule has 32 heavy (non-hydrogen) atoms. The van der Waals surface area contributed by atoms with Crippen LogP contribution in [0.25, 0.3) is 0 Å². The van der Waals surface area contributed by atoms with E-state index in [1.54, 1.807) is 10.4 Å². The van der Waals surface area contributed by atoms with E-state index in [0.29, 0.717) is 29.1 Å². The Morgan fingerprint density at radius 3 is 2.09 bits per heavy atom. The van der Waals surface area contributed by atoms with Gasteiger partial charge in [-0.05, 0) is 60.3 Å². The molecule has 2 saturated heterocycles. The number of sulfonamides is 1. The Labute approximate surface area is 195 Å². The molecule has 2 aliphatic rings. The summed E-state index contributed by atoms with van der Waals surface area (Å²) in [5.41, 5.74) is 2.70. The number of nitrogens with zero attached hydrogens (tertiary/aromatic N) is 2. The molecule has 6 heteroatoms. The van der Waals surface area contributed by atoms with Gasteiger partial charge in [0, 0.05) is 25.6 Å². The van der Waals surface area contributed by atoms with Gasteiger partial charge in [0.25, 0.3) is 10.0 Å². The van der Waals surface area contributed by atoms with E-state index in [0.717, 1.165) is 19.6 Å². The molecule has 0 radical (unpaired) electrons. The summed E-state index contributed by atoms with van der Waals surface area (Å²) in [5, 5.41) is 1.84. The highest BCUT2D eigenvalue weighted by molar-refractivity contribution is 7.91. The van der Waals surface area contributed by atoms with Crippen molar-refractivity contribution in [2.75, 3.05) is 32.7 Å². The predicted molar refractivity (Wildman–Crippen MR) is 131 cm³/mol. The topological polar surface area (TPSA) is 40.6 Å². The zero-order valence-corrected chi connectivity index (χ0v) is 19.8. The Bertz CT molecular complexity index is 1090. The molecule has 3 aromatic rings. The Morgan fingerprint density at radius 2 is 1.47 bits per heavy atom. The summed E-state index contributed by atoms with van der Waals surface area (Å²) in [4.78, 5) is 2.56. The number of piperidine rings is 1. The second-order valence-electron chi connectivity index (χ2n) is 9.02. The smallest absolute Gasteiger partial charge is 0.252 e. The standard InChI is InChI=1S/C26H30N2O2S2/c29-32(30,26-12-7-17-31-26)28-19-24(25(20-28)23-10-5-2-6-11-23)18-27-15-13-22(14-16-27)21-8-3-1-4-9-21/h1-12,17,22,24-25H,13-16,18-20H2. The number of rotatable bonds is 6. The van der Waals surface area contributed by atoms with Crippen molar-refractivity contribution in [3.63, 3.8) is 0 Å². The van der Waals surface area contributed by atoms with Crippen LogP contribution in [0, 0.1) is 5.92 Å². The maximum Gasteiger partial charge on any atom is 0.252 e. The summed E-state index contributed by atoms with van der Waals surface area (Å²) in [6.07, 6.45) is 2.34. The van der Waals surface area contributed by atoms with Crippen molar-refractivity contribution in [3.05, 3.63) is 89.3 Å². The zero-order valence-electron chi connectivity index (χ0n) is 18.2. The van der Waals surface area contributed by atoms with Crippen molar-refractivity contribution in [1.82, 2.24) is 9.21 Å². The molecule has 2 aromatic carbocycles. The molecule has 0 amide bonds. The van der Waals surface area contributed by atoms with Gasteiger partial charge in [0.1, 0.15) is 4.21 Å². The lowest BCUT2D eigenvalue weighted by atomic mass is 9.86. The molecule has 0 spiro atoms. The minimum atomic E-state index is -3.42. The third-order valence-electron chi connectivity index (χ3n) is 7.08. The van der Waals surface area contributed by atoms with Gasteiger partial charge in [-0.15, -0.1) is 11.3 Å². The summed E-state index contributed by atoms with van der Waals surface area (Å²) in [6.45, 7) is 4.27. The molecule has 168 valence electrons. The van der Waals surface area contributed by atoms with E-state index in [4.69, 9.17) is 0 Å². The summed E-state index contributed by atoms with van der Waals surface area (Å²) < 4.78 is 28.6. The monoisotopic (exact) mass is 466 g/mol. The maximum absolute atomic E-state index is 13.2. The summed E-state index contributed by atoms with van der Waals surface area (Å²) in [5.74, 6) is 1.18. The quantitative estimate of drug-likeness (QED) is 0.511. The van der Waals surface area contributed by atoms with E-state index < -0.39 is 10.0 Å². The second kappa shape index (κ2) is 9.48. The molecule has 2 atom stereocenters. The van der Waals surface area contributed by atoms with Gasteiger partial charge >= 0.3 is 0 Å². The molecule has 4 nitrogen and oxygen atoms in total. The van der Waals surface area contributed by atoms with Crippen molar-refractivity contribution in [3.8, 4) is 0 Å². The van der Waals surface area contributed by atoms with E-state index in [2.05, 4.69) is 59.5 Å². The van der Waals surface area contributed by atoms with E-state index in [-0.39, 0.29) is 5.92 Å². The highest BCUT2D eigenvalue weighted by Gasteiger charge is 2.41. The first-order valence-electron chi connectivity index (χ1n) is 11.5. The number of hydrogen-bond acceptors (Lipinski definition) is 4. The predicted octanol–water partition coefficient (Wildman–Crippen LogP) is 5.03. The third-order valence-corrected chi connectivity index (χ3v) is 10.3. The van der Waals surface area contributed by atoms with E-state index >= 15 is 0 Å². The average molecular weight is 467 g/mol. The summed E-state index contributed by atoms with van der Waals surface area (Å²) in [7, 11) is -3.42. The lowest BCUT2D eigenvalue weighted by Gasteiger charge is -2.35. The van der Waals surface area contributed by atoms with Crippen LogP contribution in [0.2, 0.25) is 0 Å². The highest BCUT2D eigenvalue weighted by atomic mass is 32.2. The fourth-order valence-electron chi connectivity index (χ4n) is 5.33. The largest absolute Gasteiger partial charge is 0.303 e. The van der Waals surface area contributed by atoms with Gasteiger partial charge < -0.3 is 4.90 Å². The average Bonchev–Trinajstić information content (AvgIpc) is 3.52. The molecular weight excluding hydrogens is 436 g/mol. The van der Waals surface area contributed by atoms with Crippen LogP contribution < -0.4 is 0 Å². The molecule has 0 N–H and O–H groups in total. The lowest BCUT2D eigenvalue weighted by molar-refractivity contribution is 0.180. The van der Waals surface area contributed by atoms with Crippen LogP contribution >= 0.6 is 11.3 Å². The highest BCUT2D eigenvalue weighted by Crippen LogP contribution is 2.38. The van der Waals surface area contributed by atoms with Gasteiger partial charge in [-0.3, -0.25) is 0 Å². The SMILES string of the molecule is O=S(=O)(c1cccs1)N1CC(CN2CCC(c3ccccc3)CC2)C(c2ccccc2)C1. The van der Waals surface area contributed by atoms with Crippen molar-refractivity contribution < 1.29 is 8.42 Å².